The van der Waals surface area contributed by atoms with E-state index in [1.807, 2.05) is 31.2 Å². The van der Waals surface area contributed by atoms with Gasteiger partial charge in [0.2, 0.25) is 0 Å². The largest absolute Gasteiger partial charge is 0.490 e. The van der Waals surface area contributed by atoms with Crippen molar-refractivity contribution >= 4 is 46.5 Å². The molecular weight excluding hydrogens is 508 g/mol. The predicted molar refractivity (Wildman–Crippen MR) is 146 cm³/mol. The van der Waals surface area contributed by atoms with Crippen molar-refractivity contribution in [1.82, 2.24) is 4.90 Å². The standard InChI is InChI=1S/C28H32N2O7S/c1-6-35-23-13-19(14-24-27(33)30(28(34)38-24)15-26(32)37-18(4)5)11-12-22(23)36-16-25(31)29-21-10-8-7-9-20(21)17(2)3/h7-14,17-18H,6,15-16H2,1-5H3,(H,29,31)/b24-14+. The molecular formula is C28H32N2O7S. The highest BCUT2D eigenvalue weighted by atomic mass is 32.2. The average molecular weight is 541 g/mol. The van der Waals surface area contributed by atoms with Gasteiger partial charge in [0.05, 0.1) is 17.6 Å². The van der Waals surface area contributed by atoms with Crippen LogP contribution in [-0.4, -0.2) is 53.8 Å². The van der Waals surface area contributed by atoms with Crippen LogP contribution in [0.4, 0.5) is 10.5 Å². The van der Waals surface area contributed by atoms with E-state index in [0.29, 0.717) is 23.7 Å². The van der Waals surface area contributed by atoms with Gasteiger partial charge in [-0.3, -0.25) is 24.1 Å². The average Bonchev–Trinajstić information content (AvgIpc) is 3.10. The van der Waals surface area contributed by atoms with E-state index in [1.165, 1.54) is 0 Å². The van der Waals surface area contributed by atoms with Crippen LogP contribution in [0.2, 0.25) is 0 Å². The Morgan fingerprint density at radius 2 is 1.76 bits per heavy atom. The van der Waals surface area contributed by atoms with Gasteiger partial charge in [-0.05, 0) is 73.9 Å². The first kappa shape index (κ1) is 28.8. The fourth-order valence-electron chi connectivity index (χ4n) is 3.66. The van der Waals surface area contributed by atoms with E-state index in [4.69, 9.17) is 14.2 Å². The number of carbonyl (C=O) groups excluding carboxylic acids is 4. The molecule has 3 rings (SSSR count). The minimum absolute atomic E-state index is 0.173. The molecule has 1 fully saturated rings. The fraction of sp³-hybridized carbons (Fsp3) is 0.357. The smallest absolute Gasteiger partial charge is 0.326 e. The zero-order valence-corrected chi connectivity index (χ0v) is 22.9. The number of carbonyl (C=O) groups is 4. The normalized spacial score (nSPS) is 14.4. The number of amides is 3. The van der Waals surface area contributed by atoms with Gasteiger partial charge in [0.1, 0.15) is 6.54 Å². The number of rotatable bonds is 11. The Bertz CT molecular complexity index is 1240. The van der Waals surface area contributed by atoms with Gasteiger partial charge in [-0.1, -0.05) is 38.1 Å². The molecule has 0 aromatic heterocycles. The zero-order valence-electron chi connectivity index (χ0n) is 22.1. The number of para-hydroxylation sites is 1. The summed E-state index contributed by atoms with van der Waals surface area (Å²) in [7, 11) is 0. The van der Waals surface area contributed by atoms with Crippen LogP contribution in [0.25, 0.3) is 6.08 Å². The molecule has 2 aromatic rings. The SMILES string of the molecule is CCOc1cc(/C=C2/SC(=O)N(CC(=O)OC(C)C)C2=O)ccc1OCC(=O)Nc1ccccc1C(C)C. The van der Waals surface area contributed by atoms with Crippen molar-refractivity contribution in [3.05, 3.63) is 58.5 Å². The summed E-state index contributed by atoms with van der Waals surface area (Å²) < 4.78 is 16.5. The van der Waals surface area contributed by atoms with Gasteiger partial charge >= 0.3 is 5.97 Å². The lowest BCUT2D eigenvalue weighted by molar-refractivity contribution is -0.149. The Kier molecular flexibility index (Phi) is 9.95. The van der Waals surface area contributed by atoms with Crippen LogP contribution >= 0.6 is 11.8 Å². The maximum Gasteiger partial charge on any atom is 0.326 e. The van der Waals surface area contributed by atoms with E-state index in [2.05, 4.69) is 19.2 Å². The van der Waals surface area contributed by atoms with Crippen LogP contribution in [0.5, 0.6) is 11.5 Å². The predicted octanol–water partition coefficient (Wildman–Crippen LogP) is 5.21. The Hall–Kier alpha value is -3.79. The van der Waals surface area contributed by atoms with Gasteiger partial charge in [0.25, 0.3) is 17.1 Å². The maximum absolute atomic E-state index is 12.7. The maximum atomic E-state index is 12.7. The molecule has 0 spiro atoms. The van der Waals surface area contributed by atoms with Crippen LogP contribution in [-0.2, 0) is 19.1 Å². The highest BCUT2D eigenvalue weighted by molar-refractivity contribution is 8.18. The molecule has 10 heteroatoms. The van der Waals surface area contributed by atoms with E-state index in [-0.39, 0.29) is 29.4 Å². The van der Waals surface area contributed by atoms with E-state index in [0.717, 1.165) is 27.9 Å². The second-order valence-electron chi connectivity index (χ2n) is 9.02. The quantitative estimate of drug-likeness (QED) is 0.305. The highest BCUT2D eigenvalue weighted by Gasteiger charge is 2.36. The molecule has 2 aromatic carbocycles. The van der Waals surface area contributed by atoms with Crippen molar-refractivity contribution in [2.45, 2.75) is 46.6 Å². The molecule has 0 atom stereocenters. The molecule has 1 aliphatic rings. The lowest BCUT2D eigenvalue weighted by atomic mass is 10.0. The van der Waals surface area contributed by atoms with Crippen LogP contribution in [0.3, 0.4) is 0 Å². The van der Waals surface area contributed by atoms with Gasteiger partial charge in [-0.2, -0.15) is 0 Å². The summed E-state index contributed by atoms with van der Waals surface area (Å²) in [6.07, 6.45) is 1.19. The van der Waals surface area contributed by atoms with E-state index < -0.39 is 23.7 Å². The highest BCUT2D eigenvalue weighted by Crippen LogP contribution is 2.35. The van der Waals surface area contributed by atoms with Crippen molar-refractivity contribution < 1.29 is 33.4 Å². The molecule has 0 radical (unpaired) electrons. The molecule has 202 valence electrons. The van der Waals surface area contributed by atoms with Crippen LogP contribution in [0.1, 0.15) is 51.7 Å². The molecule has 0 saturated carbocycles. The number of esters is 1. The fourth-order valence-corrected chi connectivity index (χ4v) is 4.50. The lowest BCUT2D eigenvalue weighted by Crippen LogP contribution is -2.35. The Balaban J connectivity index is 1.69. The second-order valence-corrected chi connectivity index (χ2v) is 10.0. The number of anilines is 1. The minimum Gasteiger partial charge on any atom is -0.490 e. The van der Waals surface area contributed by atoms with Crippen LogP contribution in [0, 0.1) is 0 Å². The molecule has 38 heavy (non-hydrogen) atoms. The number of thioether (sulfide) groups is 1. The van der Waals surface area contributed by atoms with E-state index in [9.17, 15) is 19.2 Å². The van der Waals surface area contributed by atoms with Gasteiger partial charge in [-0.25, -0.2) is 0 Å². The lowest BCUT2D eigenvalue weighted by Gasteiger charge is -2.15. The van der Waals surface area contributed by atoms with Crippen LogP contribution < -0.4 is 14.8 Å². The third kappa shape index (κ3) is 7.61. The van der Waals surface area contributed by atoms with Crippen molar-refractivity contribution in [2.75, 3.05) is 25.1 Å². The summed E-state index contributed by atoms with van der Waals surface area (Å²) in [5.41, 5.74) is 2.36. The third-order valence-corrected chi connectivity index (χ3v) is 6.22. The molecule has 1 heterocycles. The monoisotopic (exact) mass is 540 g/mol. The number of hydrogen-bond donors (Lipinski definition) is 1. The Morgan fingerprint density at radius 3 is 2.45 bits per heavy atom. The summed E-state index contributed by atoms with van der Waals surface area (Å²) in [5, 5.41) is 2.34. The molecule has 1 saturated heterocycles. The Morgan fingerprint density at radius 1 is 1.03 bits per heavy atom. The number of nitrogens with one attached hydrogen (secondary N) is 1. The molecule has 9 nitrogen and oxygen atoms in total. The van der Waals surface area contributed by atoms with Gasteiger partial charge in [-0.15, -0.1) is 0 Å². The molecule has 3 amide bonds. The number of nitrogens with zero attached hydrogens (tertiary/aromatic N) is 1. The van der Waals surface area contributed by atoms with Gasteiger partial charge in [0.15, 0.2) is 18.1 Å². The van der Waals surface area contributed by atoms with E-state index in [1.54, 1.807) is 38.1 Å². The molecule has 0 aliphatic carbocycles. The molecule has 0 unspecified atom stereocenters. The summed E-state index contributed by atoms with van der Waals surface area (Å²) in [6.45, 7) is 8.98. The van der Waals surface area contributed by atoms with Gasteiger partial charge in [0, 0.05) is 5.69 Å². The van der Waals surface area contributed by atoms with Crippen molar-refractivity contribution in [1.29, 1.82) is 0 Å². The van der Waals surface area contributed by atoms with Gasteiger partial charge < -0.3 is 19.5 Å². The third-order valence-electron chi connectivity index (χ3n) is 5.31. The first-order valence-electron chi connectivity index (χ1n) is 12.3. The summed E-state index contributed by atoms with van der Waals surface area (Å²) >= 11 is 0.745. The molecule has 0 bridgehead atoms. The summed E-state index contributed by atoms with van der Waals surface area (Å²) in [4.78, 5) is 50.5. The van der Waals surface area contributed by atoms with Crippen molar-refractivity contribution in [2.24, 2.45) is 0 Å². The number of benzene rings is 2. The summed E-state index contributed by atoms with van der Waals surface area (Å²) in [5.74, 6) is -0.538. The second kappa shape index (κ2) is 13.1. The number of hydrogen-bond acceptors (Lipinski definition) is 8. The Labute approximate surface area is 226 Å². The topological polar surface area (TPSA) is 111 Å². The first-order chi connectivity index (χ1) is 18.1. The van der Waals surface area contributed by atoms with Crippen molar-refractivity contribution in [3.8, 4) is 11.5 Å². The van der Waals surface area contributed by atoms with Crippen LogP contribution in [0.15, 0.2) is 47.4 Å². The molecule has 1 N–H and O–H groups in total. The van der Waals surface area contributed by atoms with Crippen molar-refractivity contribution in [3.63, 3.8) is 0 Å². The van der Waals surface area contributed by atoms with E-state index >= 15 is 0 Å². The summed E-state index contributed by atoms with van der Waals surface area (Å²) in [6, 6.07) is 12.6. The zero-order chi connectivity index (χ0) is 27.8. The minimum atomic E-state index is -0.652. The molecule has 1 aliphatic heterocycles. The number of ether oxygens (including phenoxy) is 3. The first-order valence-corrected chi connectivity index (χ1v) is 13.1. The number of imide groups is 1.